The maximum atomic E-state index is 14.2. The lowest BCUT2D eigenvalue weighted by Crippen LogP contribution is -2.54. The number of carbonyl (C=O) groups is 2. The van der Waals surface area contributed by atoms with Gasteiger partial charge in [-0.3, -0.25) is 4.79 Å². The minimum absolute atomic E-state index is 0.0849. The Labute approximate surface area is 178 Å². The Morgan fingerprint density at radius 2 is 1.97 bits per heavy atom. The standard InChI is InChI=1S/C20H23ClFN4O2S/c1-20(2,3)9-14-23-16-15(18(27)26(5)19(28)25(16)4)17(24-14)29-10-11-12(21)7-6-8-13(11)22/h6-8,15H,9-10H2,1-5H3/q+1. The van der Waals surface area contributed by atoms with Crippen molar-refractivity contribution >= 4 is 52.0 Å². The van der Waals surface area contributed by atoms with Gasteiger partial charge in [0.15, 0.2) is 5.92 Å². The van der Waals surface area contributed by atoms with Crippen LogP contribution in [0.3, 0.4) is 0 Å². The zero-order chi connectivity index (χ0) is 21.5. The van der Waals surface area contributed by atoms with Gasteiger partial charge in [0.05, 0.1) is 14.1 Å². The molecule has 0 N–H and O–H groups in total. The molecule has 0 bridgehead atoms. The fourth-order valence-corrected chi connectivity index (χ4v) is 4.54. The molecule has 154 valence electrons. The lowest BCUT2D eigenvalue weighted by atomic mass is 9.91. The summed E-state index contributed by atoms with van der Waals surface area (Å²) in [6, 6.07) is 4.08. The van der Waals surface area contributed by atoms with E-state index >= 15 is 0 Å². The Morgan fingerprint density at radius 1 is 1.28 bits per heavy atom. The Balaban J connectivity index is 2.01. The van der Waals surface area contributed by atoms with Crippen molar-refractivity contribution in [2.45, 2.75) is 32.9 Å². The van der Waals surface area contributed by atoms with Gasteiger partial charge in [-0.05, 0) is 17.5 Å². The molecule has 0 saturated carbocycles. The van der Waals surface area contributed by atoms with Crippen molar-refractivity contribution in [1.82, 2.24) is 4.90 Å². The molecule has 9 heteroatoms. The summed E-state index contributed by atoms with van der Waals surface area (Å²) in [5.41, 5.74) is 0.266. The molecule has 29 heavy (non-hydrogen) atoms. The van der Waals surface area contributed by atoms with Crippen molar-refractivity contribution in [3.8, 4) is 0 Å². The zero-order valence-electron chi connectivity index (χ0n) is 17.0. The fraction of sp³-hybridized carbons (Fsp3) is 0.450. The third kappa shape index (κ3) is 4.43. The molecular weight excluding hydrogens is 415 g/mol. The van der Waals surface area contributed by atoms with Gasteiger partial charge in [-0.1, -0.05) is 43.4 Å². The number of carbonyl (C=O) groups excluding carboxylic acids is 2. The summed E-state index contributed by atoms with van der Waals surface area (Å²) in [4.78, 5) is 35.5. The van der Waals surface area contributed by atoms with E-state index in [-0.39, 0.29) is 11.2 Å². The molecule has 0 saturated heterocycles. The van der Waals surface area contributed by atoms with Crippen LogP contribution in [0.5, 0.6) is 0 Å². The molecule has 0 aromatic heterocycles. The highest BCUT2D eigenvalue weighted by molar-refractivity contribution is 8.13. The second-order valence-corrected chi connectivity index (χ2v) is 9.64. The fourth-order valence-electron chi connectivity index (χ4n) is 3.10. The molecule has 1 aromatic rings. The Kier molecular flexibility index (Phi) is 5.96. The lowest BCUT2D eigenvalue weighted by Gasteiger charge is -2.27. The van der Waals surface area contributed by atoms with Crippen molar-refractivity contribution in [1.29, 1.82) is 0 Å². The average molecular weight is 438 g/mol. The predicted octanol–water partition coefficient (Wildman–Crippen LogP) is 4.21. The second-order valence-electron chi connectivity index (χ2n) is 8.23. The molecule has 1 atom stereocenters. The molecule has 2 aliphatic rings. The molecular formula is C20H23ClFN4O2S+. The molecule has 3 amide bonds. The first-order chi connectivity index (χ1) is 13.5. The SMILES string of the molecule is CN1C(=O)C2C(SCc3c(F)cccc3Cl)=NC(CC(C)(C)C)=NC2=[N+](C)C1=O. The molecule has 0 radical (unpaired) electrons. The number of fused-ring (bicyclic) bond motifs is 1. The molecule has 0 spiro atoms. The highest BCUT2D eigenvalue weighted by atomic mass is 35.5. The number of hydrogen-bond acceptors (Lipinski definition) is 5. The lowest BCUT2D eigenvalue weighted by molar-refractivity contribution is -0.407. The number of amidine groups is 2. The summed E-state index contributed by atoms with van der Waals surface area (Å²) >= 11 is 7.39. The van der Waals surface area contributed by atoms with Crippen LogP contribution in [-0.4, -0.2) is 52.2 Å². The normalized spacial score (nSPS) is 20.0. The van der Waals surface area contributed by atoms with Crippen molar-refractivity contribution < 1.29 is 18.6 Å². The van der Waals surface area contributed by atoms with Gasteiger partial charge in [0.2, 0.25) is 5.84 Å². The van der Waals surface area contributed by atoms with E-state index in [1.54, 1.807) is 19.2 Å². The zero-order valence-corrected chi connectivity index (χ0v) is 18.6. The van der Waals surface area contributed by atoms with Gasteiger partial charge in [0.25, 0.3) is 5.84 Å². The van der Waals surface area contributed by atoms with Gasteiger partial charge < -0.3 is 0 Å². The highest BCUT2D eigenvalue weighted by Gasteiger charge is 2.49. The van der Waals surface area contributed by atoms with Crippen LogP contribution < -0.4 is 0 Å². The van der Waals surface area contributed by atoms with E-state index in [0.717, 1.165) is 4.90 Å². The number of urea groups is 1. The number of halogens is 2. The molecule has 2 heterocycles. The van der Waals surface area contributed by atoms with E-state index in [4.69, 9.17) is 11.6 Å². The minimum atomic E-state index is -0.790. The summed E-state index contributed by atoms with van der Waals surface area (Å²) in [5, 5.41) is 0.811. The molecule has 3 rings (SSSR count). The maximum absolute atomic E-state index is 14.2. The van der Waals surface area contributed by atoms with Crippen LogP contribution >= 0.6 is 23.4 Å². The average Bonchev–Trinajstić information content (AvgIpc) is 2.62. The quantitative estimate of drug-likeness (QED) is 0.665. The number of benzene rings is 1. The van der Waals surface area contributed by atoms with Crippen molar-refractivity contribution in [2.75, 3.05) is 14.1 Å². The number of amides is 3. The van der Waals surface area contributed by atoms with Crippen molar-refractivity contribution in [3.63, 3.8) is 0 Å². The van der Waals surface area contributed by atoms with Gasteiger partial charge in [-0.15, -0.1) is 11.8 Å². The number of imide groups is 1. The van der Waals surface area contributed by atoms with E-state index < -0.39 is 23.7 Å². The molecule has 2 aliphatic heterocycles. The van der Waals surface area contributed by atoms with Crippen molar-refractivity contribution in [3.05, 3.63) is 34.6 Å². The van der Waals surface area contributed by atoms with E-state index in [1.807, 2.05) is 0 Å². The maximum Gasteiger partial charge on any atom is 0.445 e. The largest absolute Gasteiger partial charge is 0.445 e. The van der Waals surface area contributed by atoms with Gasteiger partial charge in [-0.2, -0.15) is 9.48 Å². The Morgan fingerprint density at radius 3 is 2.59 bits per heavy atom. The summed E-state index contributed by atoms with van der Waals surface area (Å²) in [7, 11) is 3.02. The third-order valence-electron chi connectivity index (χ3n) is 4.60. The predicted molar refractivity (Wildman–Crippen MR) is 114 cm³/mol. The minimum Gasteiger partial charge on any atom is -0.255 e. The molecule has 0 fully saturated rings. The second kappa shape index (κ2) is 7.99. The van der Waals surface area contributed by atoms with Crippen LogP contribution in [-0.2, 0) is 10.5 Å². The van der Waals surface area contributed by atoms with Gasteiger partial charge in [-0.25, -0.2) is 14.2 Å². The van der Waals surface area contributed by atoms with Crippen LogP contribution in [0.4, 0.5) is 9.18 Å². The first-order valence-corrected chi connectivity index (χ1v) is 10.5. The summed E-state index contributed by atoms with van der Waals surface area (Å²) in [6.45, 7) is 6.17. The third-order valence-corrected chi connectivity index (χ3v) is 6.01. The van der Waals surface area contributed by atoms with E-state index in [0.29, 0.717) is 33.7 Å². The topological polar surface area (TPSA) is 65.1 Å². The van der Waals surface area contributed by atoms with Crippen LogP contribution in [0.25, 0.3) is 0 Å². The van der Waals surface area contributed by atoms with Crippen LogP contribution in [0.1, 0.15) is 32.8 Å². The molecule has 1 aromatic carbocycles. The monoisotopic (exact) mass is 437 g/mol. The first kappa shape index (κ1) is 21.6. The van der Waals surface area contributed by atoms with Gasteiger partial charge in [0.1, 0.15) is 10.9 Å². The van der Waals surface area contributed by atoms with E-state index in [9.17, 15) is 14.0 Å². The van der Waals surface area contributed by atoms with Gasteiger partial charge >= 0.3 is 11.9 Å². The van der Waals surface area contributed by atoms with Crippen LogP contribution in [0.2, 0.25) is 5.02 Å². The van der Waals surface area contributed by atoms with E-state index in [2.05, 4.69) is 30.8 Å². The molecule has 1 unspecified atom stereocenters. The van der Waals surface area contributed by atoms with Gasteiger partial charge in [0, 0.05) is 22.8 Å². The summed E-state index contributed by atoms with van der Waals surface area (Å²) < 4.78 is 15.6. The number of nitrogens with zero attached hydrogens (tertiary/aromatic N) is 4. The van der Waals surface area contributed by atoms with Crippen LogP contribution in [0.15, 0.2) is 28.2 Å². The Hall–Kier alpha value is -2.06. The highest BCUT2D eigenvalue weighted by Crippen LogP contribution is 2.32. The van der Waals surface area contributed by atoms with E-state index in [1.165, 1.54) is 29.5 Å². The van der Waals surface area contributed by atoms with Crippen molar-refractivity contribution in [2.24, 2.45) is 21.3 Å². The number of thioether (sulfide) groups is 1. The summed E-state index contributed by atoms with van der Waals surface area (Å²) in [6.07, 6.45) is 0.569. The number of rotatable bonds is 3. The number of hydrogen-bond donors (Lipinski definition) is 0. The smallest absolute Gasteiger partial charge is 0.255 e. The molecule has 0 aliphatic carbocycles. The molecule has 6 nitrogen and oxygen atoms in total. The first-order valence-electron chi connectivity index (χ1n) is 9.13. The summed E-state index contributed by atoms with van der Waals surface area (Å²) in [5.74, 6) is -0.480. The van der Waals surface area contributed by atoms with Crippen LogP contribution in [0, 0.1) is 17.2 Å². The number of aliphatic imine (C=N–C) groups is 2. The Bertz CT molecular complexity index is 961.